The number of hydrogen-bond acceptors (Lipinski definition) is 3. The molecule has 0 saturated heterocycles. The zero-order chi connectivity index (χ0) is 15.9. The third-order valence-electron chi connectivity index (χ3n) is 3.01. The van der Waals surface area contributed by atoms with E-state index in [4.69, 9.17) is 9.47 Å². The lowest BCUT2D eigenvalue weighted by Gasteiger charge is -2.09. The number of benzene rings is 2. The highest BCUT2D eigenvalue weighted by molar-refractivity contribution is 5.91. The van der Waals surface area contributed by atoms with Crippen molar-refractivity contribution in [3.05, 3.63) is 53.6 Å². The summed E-state index contributed by atoms with van der Waals surface area (Å²) in [5.41, 5.74) is 2.95. The second-order valence-corrected chi connectivity index (χ2v) is 5.12. The van der Waals surface area contributed by atoms with Crippen molar-refractivity contribution >= 4 is 11.6 Å². The average molecular weight is 299 g/mol. The minimum absolute atomic E-state index is 0.0178. The van der Waals surface area contributed by atoms with Crippen molar-refractivity contribution < 1.29 is 14.3 Å². The lowest BCUT2D eigenvalue weighted by Crippen LogP contribution is -2.20. The van der Waals surface area contributed by atoms with Crippen LogP contribution in [0.1, 0.15) is 18.1 Å². The molecule has 0 aromatic heterocycles. The number of nitrogens with one attached hydrogen (secondary N) is 1. The minimum atomic E-state index is -0.191. The van der Waals surface area contributed by atoms with Gasteiger partial charge in [0.2, 0.25) is 0 Å². The number of anilines is 1. The zero-order valence-electron chi connectivity index (χ0n) is 13.2. The Labute approximate surface area is 131 Å². The molecule has 22 heavy (non-hydrogen) atoms. The molecule has 0 fully saturated rings. The van der Waals surface area contributed by atoms with Crippen LogP contribution < -0.4 is 14.8 Å². The molecule has 2 aromatic rings. The van der Waals surface area contributed by atoms with Crippen LogP contribution in [0.25, 0.3) is 0 Å². The van der Waals surface area contributed by atoms with Gasteiger partial charge in [-0.3, -0.25) is 4.79 Å². The number of rotatable bonds is 6. The molecule has 4 nitrogen and oxygen atoms in total. The molecule has 0 aliphatic carbocycles. The average Bonchev–Trinajstić information content (AvgIpc) is 2.47. The molecule has 0 radical (unpaired) electrons. The van der Waals surface area contributed by atoms with E-state index >= 15 is 0 Å². The smallest absolute Gasteiger partial charge is 0.262 e. The number of hydrogen-bond donors (Lipinski definition) is 1. The van der Waals surface area contributed by atoms with Crippen LogP contribution in [-0.2, 0) is 4.79 Å². The van der Waals surface area contributed by atoms with Crippen molar-refractivity contribution in [3.8, 4) is 11.5 Å². The van der Waals surface area contributed by atoms with E-state index in [0.717, 1.165) is 22.6 Å². The maximum atomic E-state index is 11.9. The van der Waals surface area contributed by atoms with Gasteiger partial charge in [-0.15, -0.1) is 0 Å². The van der Waals surface area contributed by atoms with Gasteiger partial charge < -0.3 is 14.8 Å². The summed E-state index contributed by atoms with van der Waals surface area (Å²) in [7, 11) is 0. The molecular weight excluding hydrogens is 278 g/mol. The van der Waals surface area contributed by atoms with Gasteiger partial charge >= 0.3 is 0 Å². The van der Waals surface area contributed by atoms with Crippen LogP contribution in [0.4, 0.5) is 5.69 Å². The monoisotopic (exact) mass is 299 g/mol. The van der Waals surface area contributed by atoms with Crippen LogP contribution in [0.15, 0.2) is 42.5 Å². The Bertz CT molecular complexity index is 615. The van der Waals surface area contributed by atoms with Crippen molar-refractivity contribution in [2.75, 3.05) is 18.5 Å². The Morgan fingerprint density at radius 3 is 2.18 bits per heavy atom. The molecule has 1 N–H and O–H groups in total. The number of carbonyl (C=O) groups excluding carboxylic acids is 1. The Balaban J connectivity index is 1.87. The fourth-order valence-corrected chi connectivity index (χ4v) is 2.16. The minimum Gasteiger partial charge on any atom is -0.494 e. The molecule has 0 spiro atoms. The summed E-state index contributed by atoms with van der Waals surface area (Å²) in [4.78, 5) is 11.9. The number of aryl methyl sites for hydroxylation is 2. The molecule has 0 bridgehead atoms. The van der Waals surface area contributed by atoms with Crippen molar-refractivity contribution in [3.63, 3.8) is 0 Å². The summed E-state index contributed by atoms with van der Waals surface area (Å²) in [5.74, 6) is 1.30. The normalized spacial score (nSPS) is 10.1. The molecule has 0 aliphatic rings. The third-order valence-corrected chi connectivity index (χ3v) is 3.01. The summed E-state index contributed by atoms with van der Waals surface area (Å²) >= 11 is 0. The van der Waals surface area contributed by atoms with Crippen molar-refractivity contribution in [1.82, 2.24) is 0 Å². The van der Waals surface area contributed by atoms with Gasteiger partial charge in [-0.05, 0) is 68.3 Å². The van der Waals surface area contributed by atoms with Gasteiger partial charge in [-0.2, -0.15) is 0 Å². The molecule has 0 saturated carbocycles. The second kappa shape index (κ2) is 7.50. The fraction of sp³-hybridized carbons (Fsp3) is 0.278. The van der Waals surface area contributed by atoms with Crippen LogP contribution in [0, 0.1) is 13.8 Å². The van der Waals surface area contributed by atoms with Crippen LogP contribution >= 0.6 is 0 Å². The summed E-state index contributed by atoms with van der Waals surface area (Å²) in [6.45, 7) is 6.53. The van der Waals surface area contributed by atoms with E-state index < -0.39 is 0 Å². The first-order chi connectivity index (χ1) is 10.6. The van der Waals surface area contributed by atoms with Gasteiger partial charge in [0.25, 0.3) is 5.91 Å². The molecule has 0 heterocycles. The summed E-state index contributed by atoms with van der Waals surface area (Å²) in [6.07, 6.45) is 0. The molecule has 0 atom stereocenters. The van der Waals surface area contributed by atoms with Gasteiger partial charge in [0.1, 0.15) is 11.5 Å². The van der Waals surface area contributed by atoms with E-state index in [2.05, 4.69) is 11.4 Å². The van der Waals surface area contributed by atoms with Crippen LogP contribution in [0.5, 0.6) is 11.5 Å². The third kappa shape index (κ3) is 4.81. The number of carbonyl (C=O) groups is 1. The molecule has 116 valence electrons. The van der Waals surface area contributed by atoms with Crippen molar-refractivity contribution in [1.29, 1.82) is 0 Å². The highest BCUT2D eigenvalue weighted by Gasteiger charge is 2.05. The summed E-state index contributed by atoms with van der Waals surface area (Å²) < 4.78 is 10.9. The van der Waals surface area contributed by atoms with E-state index in [1.54, 1.807) is 12.1 Å². The van der Waals surface area contributed by atoms with Gasteiger partial charge in [0, 0.05) is 5.69 Å². The van der Waals surface area contributed by atoms with E-state index in [1.807, 2.05) is 45.0 Å². The highest BCUT2D eigenvalue weighted by atomic mass is 16.5. The lowest BCUT2D eigenvalue weighted by molar-refractivity contribution is -0.118. The van der Waals surface area contributed by atoms with Gasteiger partial charge in [0.15, 0.2) is 6.61 Å². The number of amides is 1. The first-order valence-corrected chi connectivity index (χ1v) is 7.30. The molecule has 2 aromatic carbocycles. The second-order valence-electron chi connectivity index (χ2n) is 5.12. The van der Waals surface area contributed by atoms with Crippen molar-refractivity contribution in [2.24, 2.45) is 0 Å². The predicted octanol–water partition coefficient (Wildman–Crippen LogP) is 3.72. The van der Waals surface area contributed by atoms with Crippen LogP contribution in [0.3, 0.4) is 0 Å². The maximum Gasteiger partial charge on any atom is 0.262 e. The quantitative estimate of drug-likeness (QED) is 0.884. The van der Waals surface area contributed by atoms with Crippen LogP contribution in [-0.4, -0.2) is 19.1 Å². The maximum absolute atomic E-state index is 11.9. The molecule has 0 aliphatic heterocycles. The fourth-order valence-electron chi connectivity index (χ4n) is 2.16. The lowest BCUT2D eigenvalue weighted by atomic mass is 10.1. The SMILES string of the molecule is CCOc1ccc(NC(=O)COc2cc(C)cc(C)c2)cc1. The Hall–Kier alpha value is -2.49. The van der Waals surface area contributed by atoms with Gasteiger partial charge in [0.05, 0.1) is 6.61 Å². The van der Waals surface area contributed by atoms with Crippen LogP contribution in [0.2, 0.25) is 0 Å². The standard InChI is InChI=1S/C18H21NO3/c1-4-21-16-7-5-15(6-8-16)19-18(20)12-22-17-10-13(2)9-14(3)11-17/h5-11H,4,12H2,1-3H3,(H,19,20). The number of ether oxygens (including phenoxy) is 2. The predicted molar refractivity (Wildman–Crippen MR) is 87.7 cm³/mol. The highest BCUT2D eigenvalue weighted by Crippen LogP contribution is 2.17. The van der Waals surface area contributed by atoms with Gasteiger partial charge in [-0.25, -0.2) is 0 Å². The Kier molecular flexibility index (Phi) is 5.42. The largest absolute Gasteiger partial charge is 0.494 e. The molecule has 4 heteroatoms. The van der Waals surface area contributed by atoms with E-state index in [9.17, 15) is 4.79 Å². The summed E-state index contributed by atoms with van der Waals surface area (Å²) in [6, 6.07) is 13.1. The van der Waals surface area contributed by atoms with Crippen molar-refractivity contribution in [2.45, 2.75) is 20.8 Å². The molecule has 1 amide bonds. The molecular formula is C18H21NO3. The first kappa shape index (κ1) is 15.9. The van der Waals surface area contributed by atoms with E-state index in [1.165, 1.54) is 0 Å². The Morgan fingerprint density at radius 2 is 1.59 bits per heavy atom. The topological polar surface area (TPSA) is 47.6 Å². The first-order valence-electron chi connectivity index (χ1n) is 7.30. The van der Waals surface area contributed by atoms with E-state index in [0.29, 0.717) is 12.4 Å². The van der Waals surface area contributed by atoms with Gasteiger partial charge in [-0.1, -0.05) is 6.07 Å². The summed E-state index contributed by atoms with van der Waals surface area (Å²) in [5, 5.41) is 2.79. The van der Waals surface area contributed by atoms with E-state index in [-0.39, 0.29) is 12.5 Å². The Morgan fingerprint density at radius 1 is 0.955 bits per heavy atom. The molecule has 0 unspecified atom stereocenters. The zero-order valence-corrected chi connectivity index (χ0v) is 13.2. The molecule has 2 rings (SSSR count).